The van der Waals surface area contributed by atoms with Crippen LogP contribution in [0.3, 0.4) is 0 Å². The number of benzene rings is 1. The van der Waals surface area contributed by atoms with Gasteiger partial charge in [-0.1, -0.05) is 6.07 Å². The summed E-state index contributed by atoms with van der Waals surface area (Å²) in [6, 6.07) is 7.16. The fourth-order valence-electron chi connectivity index (χ4n) is 3.26. The van der Waals surface area contributed by atoms with Crippen LogP contribution in [0, 0.1) is 0 Å². The number of amides is 1. The summed E-state index contributed by atoms with van der Waals surface area (Å²) in [7, 11) is 1.99. The van der Waals surface area contributed by atoms with E-state index in [1.165, 1.54) is 6.20 Å². The lowest BCUT2D eigenvalue weighted by Crippen LogP contribution is -2.28. The van der Waals surface area contributed by atoms with E-state index in [9.17, 15) is 4.79 Å². The van der Waals surface area contributed by atoms with Crippen molar-refractivity contribution < 1.29 is 9.53 Å². The Morgan fingerprint density at radius 3 is 2.92 bits per heavy atom. The molecule has 1 aliphatic rings. The van der Waals surface area contributed by atoms with Gasteiger partial charge in [0.25, 0.3) is 5.91 Å². The molecule has 0 N–H and O–H groups in total. The van der Waals surface area contributed by atoms with E-state index in [1.807, 2.05) is 28.8 Å². The van der Waals surface area contributed by atoms with Crippen molar-refractivity contribution in [3.63, 3.8) is 0 Å². The molecule has 132 valence electrons. The average Bonchev–Trinajstić information content (AvgIpc) is 3.31. The van der Waals surface area contributed by atoms with Gasteiger partial charge in [0.1, 0.15) is 11.6 Å². The van der Waals surface area contributed by atoms with E-state index < -0.39 is 0 Å². The molecule has 1 unspecified atom stereocenters. The Kier molecular flexibility index (Phi) is 4.35. The number of aromatic nitrogens is 4. The number of carbonyl (C=O) groups excluding carboxylic acids is 1. The van der Waals surface area contributed by atoms with Gasteiger partial charge in [-0.3, -0.25) is 9.78 Å². The standard InChI is InChI=1S/C19H19N5O2/c1-23-10-8-22-18(23)15-5-9-24(13-15)19(25)14-3-2-4-16(11-14)26-17-12-20-6-7-21-17/h2-4,6-8,10-12,15H,5,9,13H2,1H3. The van der Waals surface area contributed by atoms with Crippen molar-refractivity contribution in [2.24, 2.45) is 7.05 Å². The Balaban J connectivity index is 1.47. The second-order valence-electron chi connectivity index (χ2n) is 6.31. The normalized spacial score (nSPS) is 16.7. The summed E-state index contributed by atoms with van der Waals surface area (Å²) in [5.74, 6) is 2.27. The highest BCUT2D eigenvalue weighted by molar-refractivity contribution is 5.94. The molecule has 2 aromatic heterocycles. The first-order chi connectivity index (χ1) is 12.7. The largest absolute Gasteiger partial charge is 0.437 e. The van der Waals surface area contributed by atoms with E-state index in [2.05, 4.69) is 15.0 Å². The molecule has 0 aliphatic carbocycles. The summed E-state index contributed by atoms with van der Waals surface area (Å²) in [6.07, 6.45) is 9.34. The van der Waals surface area contributed by atoms with Crippen molar-refractivity contribution in [3.05, 3.63) is 66.6 Å². The number of hydrogen-bond acceptors (Lipinski definition) is 5. The minimum Gasteiger partial charge on any atom is -0.437 e. The van der Waals surface area contributed by atoms with Crippen molar-refractivity contribution in [1.82, 2.24) is 24.4 Å². The molecular formula is C19H19N5O2. The van der Waals surface area contributed by atoms with Crippen molar-refractivity contribution in [2.75, 3.05) is 13.1 Å². The molecule has 1 aliphatic heterocycles. The topological polar surface area (TPSA) is 73.1 Å². The summed E-state index contributed by atoms with van der Waals surface area (Å²) in [5, 5.41) is 0. The van der Waals surface area contributed by atoms with Crippen molar-refractivity contribution >= 4 is 5.91 Å². The van der Waals surface area contributed by atoms with Gasteiger partial charge in [0.15, 0.2) is 0 Å². The first kappa shape index (κ1) is 16.3. The van der Waals surface area contributed by atoms with Crippen LogP contribution in [0.2, 0.25) is 0 Å². The Labute approximate surface area is 151 Å². The maximum atomic E-state index is 12.9. The summed E-state index contributed by atoms with van der Waals surface area (Å²) in [5.41, 5.74) is 0.604. The maximum Gasteiger partial charge on any atom is 0.254 e. The van der Waals surface area contributed by atoms with Gasteiger partial charge in [0.05, 0.1) is 6.20 Å². The predicted octanol–water partition coefficient (Wildman–Crippen LogP) is 2.63. The van der Waals surface area contributed by atoms with Crippen LogP contribution < -0.4 is 4.74 Å². The molecule has 1 amide bonds. The monoisotopic (exact) mass is 349 g/mol. The highest BCUT2D eigenvalue weighted by atomic mass is 16.5. The van der Waals surface area contributed by atoms with Crippen LogP contribution in [0.5, 0.6) is 11.6 Å². The predicted molar refractivity (Wildman–Crippen MR) is 95.0 cm³/mol. The highest BCUT2D eigenvalue weighted by Gasteiger charge is 2.30. The molecule has 7 heteroatoms. The molecular weight excluding hydrogens is 330 g/mol. The Bertz CT molecular complexity index is 909. The highest BCUT2D eigenvalue weighted by Crippen LogP contribution is 2.28. The van der Waals surface area contributed by atoms with Gasteiger partial charge in [-0.25, -0.2) is 9.97 Å². The second kappa shape index (κ2) is 6.95. The molecule has 1 fully saturated rings. The van der Waals surface area contributed by atoms with E-state index in [0.29, 0.717) is 23.7 Å². The third-order valence-corrected chi connectivity index (χ3v) is 4.54. The zero-order valence-electron chi connectivity index (χ0n) is 14.4. The van der Waals surface area contributed by atoms with Crippen LogP contribution in [0.25, 0.3) is 0 Å². The van der Waals surface area contributed by atoms with Crippen LogP contribution in [0.15, 0.2) is 55.2 Å². The van der Waals surface area contributed by atoms with E-state index in [1.54, 1.807) is 36.8 Å². The minimum atomic E-state index is 0.00584. The van der Waals surface area contributed by atoms with Gasteiger partial charge in [-0.15, -0.1) is 0 Å². The van der Waals surface area contributed by atoms with Gasteiger partial charge in [0.2, 0.25) is 5.88 Å². The van der Waals surface area contributed by atoms with Crippen LogP contribution in [-0.2, 0) is 7.05 Å². The van der Waals surface area contributed by atoms with E-state index in [-0.39, 0.29) is 11.8 Å². The minimum absolute atomic E-state index is 0.00584. The third-order valence-electron chi connectivity index (χ3n) is 4.54. The molecule has 1 aromatic carbocycles. The summed E-state index contributed by atoms with van der Waals surface area (Å²) in [4.78, 5) is 27.2. The van der Waals surface area contributed by atoms with Gasteiger partial charge in [-0.05, 0) is 24.6 Å². The number of ether oxygens (including phenoxy) is 1. The first-order valence-corrected chi connectivity index (χ1v) is 8.51. The fourth-order valence-corrected chi connectivity index (χ4v) is 3.26. The molecule has 1 saturated heterocycles. The molecule has 7 nitrogen and oxygen atoms in total. The molecule has 3 aromatic rings. The molecule has 1 atom stereocenters. The van der Waals surface area contributed by atoms with Crippen LogP contribution in [-0.4, -0.2) is 43.4 Å². The zero-order valence-corrected chi connectivity index (χ0v) is 14.4. The van der Waals surface area contributed by atoms with E-state index in [0.717, 1.165) is 18.8 Å². The van der Waals surface area contributed by atoms with E-state index in [4.69, 9.17) is 4.74 Å². The number of carbonyl (C=O) groups is 1. The smallest absolute Gasteiger partial charge is 0.254 e. The van der Waals surface area contributed by atoms with E-state index >= 15 is 0 Å². The Morgan fingerprint density at radius 1 is 1.23 bits per heavy atom. The summed E-state index contributed by atoms with van der Waals surface area (Å²) < 4.78 is 7.69. The third kappa shape index (κ3) is 3.28. The van der Waals surface area contributed by atoms with Gasteiger partial charge >= 0.3 is 0 Å². The second-order valence-corrected chi connectivity index (χ2v) is 6.31. The van der Waals surface area contributed by atoms with Gasteiger partial charge < -0.3 is 14.2 Å². The number of aryl methyl sites for hydroxylation is 1. The van der Waals surface area contributed by atoms with Gasteiger partial charge in [0, 0.05) is 56.4 Å². The Morgan fingerprint density at radius 2 is 2.15 bits per heavy atom. The number of imidazole rings is 1. The van der Waals surface area contributed by atoms with Crippen molar-refractivity contribution in [3.8, 4) is 11.6 Å². The number of rotatable bonds is 4. The molecule has 26 heavy (non-hydrogen) atoms. The average molecular weight is 349 g/mol. The molecule has 0 saturated carbocycles. The first-order valence-electron chi connectivity index (χ1n) is 8.51. The summed E-state index contributed by atoms with van der Waals surface area (Å²) in [6.45, 7) is 1.41. The van der Waals surface area contributed by atoms with Gasteiger partial charge in [-0.2, -0.15) is 0 Å². The SMILES string of the molecule is Cn1ccnc1C1CCN(C(=O)c2cccc(Oc3cnccn3)c2)C1. The molecule has 4 rings (SSSR count). The van der Waals surface area contributed by atoms with Crippen molar-refractivity contribution in [2.45, 2.75) is 12.3 Å². The van der Waals surface area contributed by atoms with Crippen LogP contribution in [0.1, 0.15) is 28.5 Å². The quantitative estimate of drug-likeness (QED) is 0.724. The maximum absolute atomic E-state index is 12.9. The Hall–Kier alpha value is -3.22. The zero-order chi connectivity index (χ0) is 17.9. The number of nitrogens with zero attached hydrogens (tertiary/aromatic N) is 5. The van der Waals surface area contributed by atoms with Crippen LogP contribution >= 0.6 is 0 Å². The van der Waals surface area contributed by atoms with Crippen molar-refractivity contribution in [1.29, 1.82) is 0 Å². The lowest BCUT2D eigenvalue weighted by molar-refractivity contribution is 0.0790. The lowest BCUT2D eigenvalue weighted by atomic mass is 10.1. The molecule has 0 spiro atoms. The molecule has 0 bridgehead atoms. The molecule has 0 radical (unpaired) electrons. The lowest BCUT2D eigenvalue weighted by Gasteiger charge is -2.17. The number of hydrogen-bond donors (Lipinski definition) is 0. The fraction of sp³-hybridized carbons (Fsp3) is 0.263. The number of likely N-dealkylation sites (tertiary alicyclic amines) is 1. The van der Waals surface area contributed by atoms with Crippen LogP contribution in [0.4, 0.5) is 0 Å². The summed E-state index contributed by atoms with van der Waals surface area (Å²) >= 11 is 0. The molecule has 3 heterocycles.